The number of anilines is 1. The van der Waals surface area contributed by atoms with E-state index in [9.17, 15) is 18.0 Å². The minimum Gasteiger partial charge on any atom is -0.352 e. The number of nitrogens with one attached hydrogen (secondary N) is 1. The van der Waals surface area contributed by atoms with Crippen LogP contribution >= 0.6 is 0 Å². The van der Waals surface area contributed by atoms with E-state index in [2.05, 4.69) is 37.3 Å². The van der Waals surface area contributed by atoms with E-state index in [-0.39, 0.29) is 11.5 Å². The first-order chi connectivity index (χ1) is 16.4. The van der Waals surface area contributed by atoms with E-state index in [0.29, 0.717) is 24.3 Å². The van der Waals surface area contributed by atoms with Crippen molar-refractivity contribution in [3.05, 3.63) is 59.7 Å². The zero-order valence-corrected chi connectivity index (χ0v) is 18.8. The number of nitrogens with zero attached hydrogens (tertiary/aromatic N) is 6. The highest BCUT2D eigenvalue weighted by Gasteiger charge is 2.38. The fraction of sp³-hybridized carbons (Fsp3) is 0.435. The van der Waals surface area contributed by atoms with Crippen molar-refractivity contribution in [3.8, 4) is 5.69 Å². The highest BCUT2D eigenvalue weighted by Crippen LogP contribution is 2.34. The van der Waals surface area contributed by atoms with Gasteiger partial charge in [-0.25, -0.2) is 9.97 Å². The Hall–Kier alpha value is -3.34. The highest BCUT2D eigenvalue weighted by atomic mass is 19.4. The molecule has 1 saturated heterocycles. The molecule has 0 spiro atoms. The van der Waals surface area contributed by atoms with Crippen molar-refractivity contribution in [2.75, 3.05) is 18.4 Å². The molecule has 1 aromatic carbocycles. The summed E-state index contributed by atoms with van der Waals surface area (Å²) in [5.74, 6) is 0.163. The molecule has 180 valence electrons. The predicted octanol–water partition coefficient (Wildman–Crippen LogP) is 4.14. The summed E-state index contributed by atoms with van der Waals surface area (Å²) in [6.45, 7) is 4.01. The number of carbonyl (C=O) groups excluding carboxylic acids is 1. The van der Waals surface area contributed by atoms with Gasteiger partial charge in [0.25, 0.3) is 0 Å². The maximum Gasteiger partial charge on any atom is 0.419 e. The van der Waals surface area contributed by atoms with Crippen LogP contribution in [0.4, 0.5) is 19.1 Å². The summed E-state index contributed by atoms with van der Waals surface area (Å²) in [6, 6.07) is 5.55. The van der Waals surface area contributed by atoms with Gasteiger partial charge in [0.2, 0.25) is 5.95 Å². The summed E-state index contributed by atoms with van der Waals surface area (Å²) in [6.07, 6.45) is 4.86. The third kappa shape index (κ3) is 4.93. The molecule has 0 bridgehead atoms. The summed E-state index contributed by atoms with van der Waals surface area (Å²) >= 11 is 0. The second-order valence-corrected chi connectivity index (χ2v) is 8.39. The van der Waals surface area contributed by atoms with Gasteiger partial charge >= 0.3 is 6.18 Å². The van der Waals surface area contributed by atoms with Crippen LogP contribution in [0.2, 0.25) is 0 Å². The summed E-state index contributed by atoms with van der Waals surface area (Å²) in [5, 5.41) is 11.6. The van der Waals surface area contributed by atoms with Gasteiger partial charge < -0.3 is 5.32 Å². The number of alkyl halides is 3. The number of likely N-dealkylation sites (tertiary alicyclic amines) is 1. The Morgan fingerprint density at radius 1 is 1.15 bits per heavy atom. The van der Waals surface area contributed by atoms with Gasteiger partial charge in [0, 0.05) is 36.6 Å². The lowest BCUT2D eigenvalue weighted by Gasteiger charge is -2.47. The second-order valence-electron chi connectivity index (χ2n) is 8.39. The number of benzene rings is 1. The Morgan fingerprint density at radius 3 is 2.53 bits per heavy atom. The first-order valence-electron chi connectivity index (χ1n) is 11.2. The van der Waals surface area contributed by atoms with Gasteiger partial charge in [0.05, 0.1) is 18.0 Å². The summed E-state index contributed by atoms with van der Waals surface area (Å²) in [5.41, 5.74) is 0.945. The van der Waals surface area contributed by atoms with Crippen LogP contribution in [0.25, 0.3) is 5.69 Å². The van der Waals surface area contributed by atoms with Crippen LogP contribution in [0, 0.1) is 0 Å². The van der Waals surface area contributed by atoms with E-state index < -0.39 is 11.7 Å². The van der Waals surface area contributed by atoms with Gasteiger partial charge in [-0.3, -0.25) is 9.69 Å². The Labute approximate surface area is 195 Å². The minimum absolute atomic E-state index is 0.163. The van der Waals surface area contributed by atoms with Crippen LogP contribution in [0.3, 0.4) is 0 Å². The highest BCUT2D eigenvalue weighted by molar-refractivity contribution is 5.81. The van der Waals surface area contributed by atoms with Gasteiger partial charge in [-0.05, 0) is 37.4 Å². The first kappa shape index (κ1) is 23.8. The maximum atomic E-state index is 12.8. The number of aromatic nitrogens is 5. The lowest BCUT2D eigenvalue weighted by atomic mass is 9.83. The topological polar surface area (TPSA) is 88.8 Å². The van der Waals surface area contributed by atoms with Crippen molar-refractivity contribution < 1.29 is 18.0 Å². The van der Waals surface area contributed by atoms with Crippen LogP contribution in [-0.2, 0) is 12.7 Å². The van der Waals surface area contributed by atoms with Crippen molar-refractivity contribution in [2.45, 2.75) is 50.9 Å². The fourth-order valence-corrected chi connectivity index (χ4v) is 4.55. The van der Waals surface area contributed by atoms with E-state index >= 15 is 0 Å². The van der Waals surface area contributed by atoms with E-state index in [1.807, 2.05) is 12.1 Å². The maximum absolute atomic E-state index is 12.8. The molecule has 8 nitrogen and oxygen atoms in total. The van der Waals surface area contributed by atoms with Gasteiger partial charge in [-0.15, -0.1) is 0 Å². The zero-order valence-electron chi connectivity index (χ0n) is 18.8. The largest absolute Gasteiger partial charge is 0.419 e. The van der Waals surface area contributed by atoms with E-state index in [1.165, 1.54) is 4.80 Å². The Bertz CT molecular complexity index is 1100. The lowest BCUT2D eigenvalue weighted by molar-refractivity contribution is -0.138. The molecule has 3 heterocycles. The zero-order chi connectivity index (χ0) is 24.2. The molecule has 0 aliphatic carbocycles. The number of carbonyl (C=O) groups is 1. The predicted molar refractivity (Wildman–Crippen MR) is 120 cm³/mol. The molecule has 4 rings (SSSR count). The first-order valence-corrected chi connectivity index (χ1v) is 11.2. The number of hydrogen-bond donors (Lipinski definition) is 1. The molecule has 0 saturated carbocycles. The molecule has 0 unspecified atom stereocenters. The second kappa shape index (κ2) is 9.88. The van der Waals surface area contributed by atoms with Gasteiger partial charge in [0.15, 0.2) is 6.29 Å². The summed E-state index contributed by atoms with van der Waals surface area (Å²) in [4.78, 5) is 23.3. The van der Waals surface area contributed by atoms with Crippen molar-refractivity contribution in [3.63, 3.8) is 0 Å². The van der Waals surface area contributed by atoms with Gasteiger partial charge in [-0.1, -0.05) is 25.5 Å². The number of halogens is 3. The number of para-hydroxylation sites is 1. The molecule has 0 amide bonds. The number of aldehydes is 1. The Balaban J connectivity index is 1.57. The van der Waals surface area contributed by atoms with E-state index in [1.54, 1.807) is 18.5 Å². The molecule has 2 aromatic heterocycles. The Kier molecular flexibility index (Phi) is 6.92. The quantitative estimate of drug-likeness (QED) is 0.492. The standard InChI is InChI=1S/C23H26F3N7O/c1-2-22(16-29-21-27-12-19(13-28-21)23(24,25)26)8-3-4-11-32(22)14-17-6-5-7-18(15-34)20(17)33-30-9-10-31-33/h5-7,9-10,12-13,15H,2-4,8,11,14,16H2,1H3,(H,27,28,29)/t22-/m0/s1. The van der Waals surface area contributed by atoms with Crippen molar-refractivity contribution >= 4 is 12.2 Å². The molecule has 34 heavy (non-hydrogen) atoms. The van der Waals surface area contributed by atoms with Crippen molar-refractivity contribution in [2.24, 2.45) is 0 Å². The summed E-state index contributed by atoms with van der Waals surface area (Å²) < 4.78 is 38.5. The normalized spacial score (nSPS) is 19.2. The molecular weight excluding hydrogens is 447 g/mol. The van der Waals surface area contributed by atoms with Crippen molar-refractivity contribution in [1.29, 1.82) is 0 Å². The monoisotopic (exact) mass is 473 g/mol. The SMILES string of the molecule is CC[C@@]1(CNc2ncc(C(F)(F)F)cn2)CCCCN1Cc1cccc(C=O)c1-n1nccn1. The molecular formula is C23H26F3N7O. The number of hydrogen-bond acceptors (Lipinski definition) is 7. The average molecular weight is 474 g/mol. The molecule has 1 aliphatic rings. The fourth-order valence-electron chi connectivity index (χ4n) is 4.55. The average Bonchev–Trinajstić information content (AvgIpc) is 3.38. The third-order valence-corrected chi connectivity index (χ3v) is 6.46. The number of piperidine rings is 1. The van der Waals surface area contributed by atoms with Crippen LogP contribution in [-0.4, -0.2) is 54.8 Å². The van der Waals surface area contributed by atoms with E-state index in [4.69, 9.17) is 0 Å². The molecule has 1 aliphatic heterocycles. The van der Waals surface area contributed by atoms with E-state index in [0.717, 1.165) is 56.5 Å². The molecule has 1 atom stereocenters. The van der Waals surface area contributed by atoms with Crippen LogP contribution in [0.5, 0.6) is 0 Å². The van der Waals surface area contributed by atoms with Gasteiger partial charge in [-0.2, -0.15) is 28.2 Å². The third-order valence-electron chi connectivity index (χ3n) is 6.46. The smallest absolute Gasteiger partial charge is 0.352 e. The van der Waals surface area contributed by atoms with Crippen LogP contribution in [0.1, 0.15) is 54.1 Å². The van der Waals surface area contributed by atoms with Gasteiger partial charge in [0.1, 0.15) is 5.69 Å². The minimum atomic E-state index is -4.47. The molecule has 11 heteroatoms. The van der Waals surface area contributed by atoms with Crippen LogP contribution in [0.15, 0.2) is 43.0 Å². The number of rotatable bonds is 8. The lowest BCUT2D eigenvalue weighted by Crippen LogP contribution is -2.55. The molecule has 1 N–H and O–H groups in total. The Morgan fingerprint density at radius 2 is 1.88 bits per heavy atom. The molecule has 0 radical (unpaired) electrons. The van der Waals surface area contributed by atoms with Crippen molar-refractivity contribution in [1.82, 2.24) is 29.9 Å². The molecule has 1 fully saturated rings. The molecule has 3 aromatic rings. The summed E-state index contributed by atoms with van der Waals surface area (Å²) in [7, 11) is 0. The van der Waals surface area contributed by atoms with Crippen LogP contribution < -0.4 is 5.32 Å².